The number of aryl methyl sites for hydroxylation is 1. The summed E-state index contributed by atoms with van der Waals surface area (Å²) in [4.78, 5) is 25.2. The van der Waals surface area contributed by atoms with Crippen LogP contribution < -0.4 is 15.0 Å². The number of hydrogen-bond acceptors (Lipinski definition) is 5. The molecule has 0 saturated heterocycles. The topological polar surface area (TPSA) is 92.8 Å². The Balaban J connectivity index is 1.69. The lowest BCUT2D eigenvalue weighted by molar-refractivity contribution is -0.119. The molecule has 0 unspecified atom stereocenters. The van der Waals surface area contributed by atoms with Crippen molar-refractivity contribution in [2.24, 2.45) is 0 Å². The SMILES string of the molecule is Cc1ccc(N(C)C(=O)CCS(=O)(=O)c2ccc3c(c2)NC(=O)CO3)cc1. The average molecular weight is 388 g/mol. The smallest absolute Gasteiger partial charge is 0.262 e. The van der Waals surface area contributed by atoms with Crippen molar-refractivity contribution >= 4 is 33.0 Å². The van der Waals surface area contributed by atoms with Gasteiger partial charge in [-0.15, -0.1) is 0 Å². The molecule has 0 saturated carbocycles. The summed E-state index contributed by atoms with van der Waals surface area (Å²) in [6, 6.07) is 11.7. The van der Waals surface area contributed by atoms with Gasteiger partial charge in [0.25, 0.3) is 5.91 Å². The molecular weight excluding hydrogens is 368 g/mol. The molecule has 0 fully saturated rings. The number of rotatable bonds is 5. The predicted molar refractivity (Wildman–Crippen MR) is 102 cm³/mol. The summed E-state index contributed by atoms with van der Waals surface area (Å²) >= 11 is 0. The summed E-state index contributed by atoms with van der Waals surface area (Å²) in [5.74, 6) is -0.539. The third kappa shape index (κ3) is 4.28. The van der Waals surface area contributed by atoms with Crippen molar-refractivity contribution in [3.05, 3.63) is 48.0 Å². The van der Waals surface area contributed by atoms with Crippen molar-refractivity contribution in [1.82, 2.24) is 0 Å². The zero-order chi connectivity index (χ0) is 19.6. The minimum Gasteiger partial charge on any atom is -0.482 e. The molecule has 142 valence electrons. The highest BCUT2D eigenvalue weighted by Crippen LogP contribution is 2.30. The molecule has 7 nitrogen and oxygen atoms in total. The van der Waals surface area contributed by atoms with Gasteiger partial charge in [0.05, 0.1) is 16.3 Å². The minimum absolute atomic E-state index is 0.0397. The third-order valence-corrected chi connectivity index (χ3v) is 6.04. The van der Waals surface area contributed by atoms with E-state index in [4.69, 9.17) is 4.74 Å². The summed E-state index contributed by atoms with van der Waals surface area (Å²) in [5.41, 5.74) is 2.10. The summed E-state index contributed by atoms with van der Waals surface area (Å²) in [7, 11) is -2.07. The van der Waals surface area contributed by atoms with E-state index in [1.54, 1.807) is 7.05 Å². The highest BCUT2D eigenvalue weighted by Gasteiger charge is 2.22. The van der Waals surface area contributed by atoms with Crippen LogP contribution in [-0.2, 0) is 19.4 Å². The zero-order valence-corrected chi connectivity index (χ0v) is 15.9. The van der Waals surface area contributed by atoms with Gasteiger partial charge in [-0.25, -0.2) is 8.42 Å². The molecule has 0 bridgehead atoms. The Morgan fingerprint density at radius 2 is 1.89 bits per heavy atom. The first-order valence-electron chi connectivity index (χ1n) is 8.39. The van der Waals surface area contributed by atoms with Crippen LogP contribution in [0.3, 0.4) is 0 Å². The summed E-state index contributed by atoms with van der Waals surface area (Å²) in [5, 5.41) is 2.58. The number of sulfone groups is 1. The number of benzene rings is 2. The van der Waals surface area contributed by atoms with E-state index in [9.17, 15) is 18.0 Å². The van der Waals surface area contributed by atoms with E-state index in [0.29, 0.717) is 17.1 Å². The molecule has 0 aliphatic carbocycles. The van der Waals surface area contributed by atoms with Crippen molar-refractivity contribution in [3.8, 4) is 5.75 Å². The fourth-order valence-electron chi connectivity index (χ4n) is 2.68. The van der Waals surface area contributed by atoms with Crippen LogP contribution in [0.5, 0.6) is 5.75 Å². The van der Waals surface area contributed by atoms with Crippen molar-refractivity contribution in [2.45, 2.75) is 18.2 Å². The Kier molecular flexibility index (Phi) is 5.18. The second-order valence-corrected chi connectivity index (χ2v) is 8.46. The highest BCUT2D eigenvalue weighted by atomic mass is 32.2. The third-order valence-electron chi connectivity index (χ3n) is 4.32. The number of ether oxygens (including phenoxy) is 1. The summed E-state index contributed by atoms with van der Waals surface area (Å²) in [6.45, 7) is 1.85. The Labute approximate surface area is 157 Å². The molecule has 8 heteroatoms. The number of nitrogens with zero attached hydrogens (tertiary/aromatic N) is 1. The number of anilines is 2. The number of nitrogens with one attached hydrogen (secondary N) is 1. The Hall–Kier alpha value is -2.87. The number of carbonyl (C=O) groups excluding carboxylic acids is 2. The molecule has 2 amide bonds. The molecule has 1 N–H and O–H groups in total. The van der Waals surface area contributed by atoms with Gasteiger partial charge in [0.2, 0.25) is 5.91 Å². The maximum absolute atomic E-state index is 12.6. The first-order chi connectivity index (χ1) is 12.8. The van der Waals surface area contributed by atoms with Crippen molar-refractivity contribution < 1.29 is 22.7 Å². The number of amides is 2. The number of carbonyl (C=O) groups is 2. The molecule has 0 aromatic heterocycles. The van der Waals surface area contributed by atoms with Crippen LogP contribution in [-0.4, -0.2) is 39.6 Å². The van der Waals surface area contributed by atoms with Crippen molar-refractivity contribution in [3.63, 3.8) is 0 Å². The van der Waals surface area contributed by atoms with E-state index < -0.39 is 9.84 Å². The molecule has 2 aromatic carbocycles. The van der Waals surface area contributed by atoms with E-state index in [1.807, 2.05) is 31.2 Å². The fraction of sp³-hybridized carbons (Fsp3) is 0.263. The average Bonchev–Trinajstić information content (AvgIpc) is 2.65. The molecule has 0 spiro atoms. The standard InChI is InChI=1S/C19H20N2O5S/c1-13-3-5-14(6-4-13)21(2)19(23)9-10-27(24,25)15-7-8-17-16(11-15)20-18(22)12-26-17/h3-8,11H,9-10,12H2,1-2H3,(H,20,22). The molecule has 3 rings (SSSR count). The van der Waals surface area contributed by atoms with Gasteiger partial charge in [-0.05, 0) is 37.3 Å². The molecule has 2 aromatic rings. The van der Waals surface area contributed by atoms with Crippen LogP contribution in [0.1, 0.15) is 12.0 Å². The minimum atomic E-state index is -3.68. The maximum Gasteiger partial charge on any atom is 0.262 e. The molecule has 0 radical (unpaired) electrons. The van der Waals surface area contributed by atoms with Gasteiger partial charge in [0, 0.05) is 19.2 Å². The van der Waals surface area contributed by atoms with E-state index >= 15 is 0 Å². The molecule has 1 aliphatic rings. The van der Waals surface area contributed by atoms with E-state index in [2.05, 4.69) is 5.32 Å². The Morgan fingerprint density at radius 3 is 2.59 bits per heavy atom. The van der Waals surface area contributed by atoms with Gasteiger partial charge in [0.1, 0.15) is 5.75 Å². The first-order valence-corrected chi connectivity index (χ1v) is 10.0. The molecule has 1 heterocycles. The largest absolute Gasteiger partial charge is 0.482 e. The van der Waals surface area contributed by atoms with Crippen molar-refractivity contribution in [1.29, 1.82) is 0 Å². The normalized spacial score (nSPS) is 13.3. The summed E-state index contributed by atoms with van der Waals surface area (Å²) < 4.78 is 30.4. The van der Waals surface area contributed by atoms with Gasteiger partial charge in [-0.1, -0.05) is 17.7 Å². The number of fused-ring (bicyclic) bond motifs is 1. The first kappa shape index (κ1) is 18.9. The Morgan fingerprint density at radius 1 is 1.19 bits per heavy atom. The molecule has 1 aliphatic heterocycles. The van der Waals surface area contributed by atoms with E-state index in [1.165, 1.54) is 23.1 Å². The monoisotopic (exact) mass is 388 g/mol. The lowest BCUT2D eigenvalue weighted by Crippen LogP contribution is -2.28. The van der Waals surface area contributed by atoms with Gasteiger partial charge in [-0.3, -0.25) is 9.59 Å². The van der Waals surface area contributed by atoms with Crippen LogP contribution in [0, 0.1) is 6.92 Å². The molecular formula is C19H20N2O5S. The second kappa shape index (κ2) is 7.40. The van der Waals surface area contributed by atoms with Crippen LogP contribution in [0.4, 0.5) is 11.4 Å². The lowest BCUT2D eigenvalue weighted by atomic mass is 10.2. The molecule has 0 atom stereocenters. The van der Waals surface area contributed by atoms with Crippen LogP contribution in [0.25, 0.3) is 0 Å². The van der Waals surface area contributed by atoms with Gasteiger partial charge in [0.15, 0.2) is 16.4 Å². The fourth-order valence-corrected chi connectivity index (χ4v) is 3.93. The number of hydrogen-bond donors (Lipinski definition) is 1. The van der Waals surface area contributed by atoms with Crippen molar-refractivity contribution in [2.75, 3.05) is 29.6 Å². The highest BCUT2D eigenvalue weighted by molar-refractivity contribution is 7.91. The van der Waals surface area contributed by atoms with Gasteiger partial charge < -0.3 is 15.0 Å². The van der Waals surface area contributed by atoms with Gasteiger partial charge in [-0.2, -0.15) is 0 Å². The quantitative estimate of drug-likeness (QED) is 0.847. The van der Waals surface area contributed by atoms with Crippen LogP contribution in [0.15, 0.2) is 47.4 Å². The van der Waals surface area contributed by atoms with Crippen LogP contribution in [0.2, 0.25) is 0 Å². The van der Waals surface area contributed by atoms with Gasteiger partial charge >= 0.3 is 0 Å². The van der Waals surface area contributed by atoms with E-state index in [-0.39, 0.29) is 35.5 Å². The Bertz CT molecular complexity index is 984. The van der Waals surface area contributed by atoms with E-state index in [0.717, 1.165) is 5.56 Å². The predicted octanol–water partition coefficient (Wildman–Crippen LogP) is 2.15. The maximum atomic E-state index is 12.6. The lowest BCUT2D eigenvalue weighted by Gasteiger charge is -2.19. The zero-order valence-electron chi connectivity index (χ0n) is 15.1. The van der Waals surface area contributed by atoms with Crippen LogP contribution >= 0.6 is 0 Å². The molecule has 27 heavy (non-hydrogen) atoms. The summed E-state index contributed by atoms with van der Waals surface area (Å²) in [6.07, 6.45) is -0.146. The second-order valence-electron chi connectivity index (χ2n) is 6.35.